The second kappa shape index (κ2) is 29.9. The predicted octanol–water partition coefficient (Wildman–Crippen LogP) is 10.7. The molecule has 0 spiro atoms. The minimum Gasteiger partial charge on any atom is -0.373 e. The molecule has 260 valence electrons. The minimum atomic E-state index is -3.00. The van der Waals surface area contributed by atoms with Crippen LogP contribution >= 0.6 is 11.8 Å². The Morgan fingerprint density at radius 2 is 0.535 bits per heavy atom. The van der Waals surface area contributed by atoms with Crippen LogP contribution in [0, 0.1) is 0 Å². The van der Waals surface area contributed by atoms with Gasteiger partial charge in [0.1, 0.15) is 0 Å². The van der Waals surface area contributed by atoms with E-state index in [1.165, 1.54) is 38.5 Å². The van der Waals surface area contributed by atoms with E-state index in [0.29, 0.717) is 39.6 Å². The van der Waals surface area contributed by atoms with E-state index in [0.717, 1.165) is 77.0 Å². The normalized spacial score (nSPS) is 14.0. The van der Waals surface area contributed by atoms with E-state index < -0.39 is 17.6 Å². The fraction of sp³-hybridized carbons (Fsp3) is 1.00. The standard InChI is InChI=1S/C34H74O6SSi2/c1-9-15-21-27-35-42(36-28-22-16-10-2,37-29-23-17-11-3)33(7)41-34(8)43(38-30-24-18-12-4,39-31-25-19-13-5)40-32-26-20-14-6/h33-34H,9-32H2,1-8H3. The van der Waals surface area contributed by atoms with Gasteiger partial charge in [0.2, 0.25) is 0 Å². The Morgan fingerprint density at radius 1 is 0.349 bits per heavy atom. The smallest absolute Gasteiger partial charge is 0.373 e. The molecule has 2 atom stereocenters. The summed E-state index contributed by atoms with van der Waals surface area (Å²) in [5.74, 6) is 0. The Balaban J connectivity index is 6.15. The lowest BCUT2D eigenvalue weighted by Crippen LogP contribution is -2.59. The van der Waals surface area contributed by atoms with Crippen LogP contribution in [0.1, 0.15) is 171 Å². The molecule has 0 saturated heterocycles. The van der Waals surface area contributed by atoms with Crippen molar-refractivity contribution in [3.63, 3.8) is 0 Å². The molecule has 0 aromatic heterocycles. The van der Waals surface area contributed by atoms with E-state index >= 15 is 0 Å². The maximum Gasteiger partial charge on any atom is 0.514 e. The molecule has 0 aliphatic carbocycles. The molecule has 6 nitrogen and oxygen atoms in total. The third-order valence-electron chi connectivity index (χ3n) is 7.71. The molecule has 0 aromatic rings. The largest absolute Gasteiger partial charge is 0.514 e. The van der Waals surface area contributed by atoms with Gasteiger partial charge in [-0.05, 0) is 52.4 Å². The third-order valence-corrected chi connectivity index (χ3v) is 16.7. The first kappa shape index (κ1) is 43.5. The van der Waals surface area contributed by atoms with Gasteiger partial charge in [0.25, 0.3) is 0 Å². The van der Waals surface area contributed by atoms with Crippen molar-refractivity contribution >= 4 is 29.4 Å². The lowest BCUT2D eigenvalue weighted by Gasteiger charge is -2.39. The van der Waals surface area contributed by atoms with Gasteiger partial charge in [0.05, 0.1) is 9.75 Å². The Labute approximate surface area is 275 Å². The molecule has 0 rings (SSSR count). The average molecular weight is 667 g/mol. The molecule has 0 N–H and O–H groups in total. The van der Waals surface area contributed by atoms with Crippen molar-refractivity contribution in [3.8, 4) is 0 Å². The van der Waals surface area contributed by atoms with E-state index in [-0.39, 0.29) is 9.75 Å². The van der Waals surface area contributed by atoms with Crippen LogP contribution in [0.5, 0.6) is 0 Å². The Morgan fingerprint density at radius 3 is 0.698 bits per heavy atom. The zero-order valence-electron chi connectivity index (χ0n) is 30.0. The summed E-state index contributed by atoms with van der Waals surface area (Å²) in [6.45, 7) is 22.1. The van der Waals surface area contributed by atoms with Crippen LogP contribution in [-0.2, 0) is 26.6 Å². The van der Waals surface area contributed by atoms with E-state index in [1.54, 1.807) is 0 Å². The van der Waals surface area contributed by atoms with Gasteiger partial charge >= 0.3 is 17.6 Å². The predicted molar refractivity (Wildman–Crippen MR) is 191 cm³/mol. The van der Waals surface area contributed by atoms with Gasteiger partial charge in [0.15, 0.2) is 0 Å². The molecule has 43 heavy (non-hydrogen) atoms. The highest BCUT2D eigenvalue weighted by molar-refractivity contribution is 8.03. The molecule has 0 saturated carbocycles. The Kier molecular flexibility index (Phi) is 30.3. The second-order valence-electron chi connectivity index (χ2n) is 12.0. The van der Waals surface area contributed by atoms with Crippen LogP contribution in [0.25, 0.3) is 0 Å². The Hall–Kier alpha value is 0.544. The first-order chi connectivity index (χ1) is 20.9. The molecule has 0 aliphatic heterocycles. The molecule has 0 heterocycles. The van der Waals surface area contributed by atoms with Crippen LogP contribution in [-0.4, -0.2) is 67.0 Å². The maximum atomic E-state index is 6.77. The zero-order chi connectivity index (χ0) is 32.1. The molecular formula is C34H74O6SSi2. The van der Waals surface area contributed by atoms with Gasteiger partial charge in [-0.2, -0.15) is 0 Å². The van der Waals surface area contributed by atoms with Gasteiger partial charge in [-0.1, -0.05) is 119 Å². The van der Waals surface area contributed by atoms with Crippen LogP contribution in [0.2, 0.25) is 0 Å². The molecule has 0 aromatic carbocycles. The monoisotopic (exact) mass is 666 g/mol. The number of thioether (sulfide) groups is 1. The number of hydrogen-bond donors (Lipinski definition) is 0. The van der Waals surface area contributed by atoms with Gasteiger partial charge in [0, 0.05) is 39.6 Å². The van der Waals surface area contributed by atoms with Crippen molar-refractivity contribution in [3.05, 3.63) is 0 Å². The van der Waals surface area contributed by atoms with Crippen molar-refractivity contribution in [1.82, 2.24) is 0 Å². The highest BCUT2D eigenvalue weighted by atomic mass is 32.2. The van der Waals surface area contributed by atoms with Crippen LogP contribution in [0.3, 0.4) is 0 Å². The van der Waals surface area contributed by atoms with Crippen molar-refractivity contribution in [1.29, 1.82) is 0 Å². The lowest BCUT2D eigenvalue weighted by molar-refractivity contribution is 0.0533. The average Bonchev–Trinajstić information content (AvgIpc) is 3.01. The van der Waals surface area contributed by atoms with Crippen molar-refractivity contribution in [2.45, 2.75) is 181 Å². The SMILES string of the molecule is CCCCCO[Si](OCCCCC)(OCCCCC)C(C)SC(C)[Si](OCCCCC)(OCCCCC)OCCCCC. The zero-order valence-corrected chi connectivity index (χ0v) is 32.8. The van der Waals surface area contributed by atoms with E-state index in [1.807, 2.05) is 11.8 Å². The van der Waals surface area contributed by atoms with Gasteiger partial charge in [-0.3, -0.25) is 0 Å². The summed E-state index contributed by atoms with van der Waals surface area (Å²) in [5, 5.41) is 0. The van der Waals surface area contributed by atoms with Crippen molar-refractivity contribution < 1.29 is 26.6 Å². The van der Waals surface area contributed by atoms with Crippen LogP contribution in [0.15, 0.2) is 0 Å². The lowest BCUT2D eigenvalue weighted by atomic mass is 10.3. The summed E-state index contributed by atoms with van der Waals surface area (Å²) in [6, 6.07) is 0. The van der Waals surface area contributed by atoms with E-state index in [4.69, 9.17) is 26.6 Å². The van der Waals surface area contributed by atoms with E-state index in [9.17, 15) is 0 Å². The summed E-state index contributed by atoms with van der Waals surface area (Å²) in [4.78, 5) is 0.106. The Bertz CT molecular complexity index is 479. The molecule has 0 aliphatic rings. The summed E-state index contributed by atoms with van der Waals surface area (Å²) in [5.41, 5.74) is 0. The molecule has 0 fully saturated rings. The summed E-state index contributed by atoms with van der Waals surface area (Å²) < 4.78 is 40.6. The molecule has 0 radical (unpaired) electrons. The summed E-state index contributed by atoms with van der Waals surface area (Å²) in [7, 11) is -6.01. The van der Waals surface area contributed by atoms with Gasteiger partial charge in [-0.25, -0.2) is 0 Å². The molecule has 0 amide bonds. The number of rotatable bonds is 34. The molecular weight excluding hydrogens is 593 g/mol. The first-order valence-corrected chi connectivity index (χ1v) is 22.9. The fourth-order valence-electron chi connectivity index (χ4n) is 4.83. The number of unbranched alkanes of at least 4 members (excludes halogenated alkanes) is 12. The van der Waals surface area contributed by atoms with Gasteiger partial charge in [-0.15, -0.1) is 11.8 Å². The highest BCUT2D eigenvalue weighted by Crippen LogP contribution is 2.35. The highest BCUT2D eigenvalue weighted by Gasteiger charge is 2.54. The summed E-state index contributed by atoms with van der Waals surface area (Å²) >= 11 is 1.87. The topological polar surface area (TPSA) is 55.4 Å². The van der Waals surface area contributed by atoms with Crippen molar-refractivity contribution in [2.75, 3.05) is 39.6 Å². The molecule has 2 unspecified atom stereocenters. The quantitative estimate of drug-likeness (QED) is 0.0500. The van der Waals surface area contributed by atoms with Crippen LogP contribution in [0.4, 0.5) is 0 Å². The van der Waals surface area contributed by atoms with Gasteiger partial charge < -0.3 is 26.6 Å². The summed E-state index contributed by atoms with van der Waals surface area (Å²) in [6.07, 6.45) is 20.2. The van der Waals surface area contributed by atoms with Crippen LogP contribution < -0.4 is 0 Å². The first-order valence-electron chi connectivity index (χ1n) is 18.4. The number of hydrogen-bond acceptors (Lipinski definition) is 7. The molecule has 9 heteroatoms. The second-order valence-corrected chi connectivity index (χ2v) is 20.4. The van der Waals surface area contributed by atoms with Crippen molar-refractivity contribution in [2.24, 2.45) is 0 Å². The fourth-order valence-corrected chi connectivity index (χ4v) is 14.1. The maximum absolute atomic E-state index is 6.77. The molecule has 0 bridgehead atoms. The van der Waals surface area contributed by atoms with E-state index in [2.05, 4.69) is 55.4 Å². The third kappa shape index (κ3) is 20.4. The minimum absolute atomic E-state index is 0.0528.